The Morgan fingerprint density at radius 1 is 1.06 bits per heavy atom. The van der Waals surface area contributed by atoms with Gasteiger partial charge in [0.05, 0.1) is 12.6 Å². The quantitative estimate of drug-likeness (QED) is 0.512. The minimum absolute atomic E-state index is 0.225. The van der Waals surface area contributed by atoms with E-state index in [2.05, 4.69) is 21.4 Å². The topological polar surface area (TPSA) is 75.1 Å². The van der Waals surface area contributed by atoms with E-state index < -0.39 is 6.04 Å². The SMILES string of the molecule is Cc1ncc([C@@H](CO)NC(=O)c2cc(-c3ccc(Cl)cc3)cc(C3CCCCC3)c2)cn1. The molecule has 0 spiro atoms. The molecular weight excluding hydrogens is 422 g/mol. The summed E-state index contributed by atoms with van der Waals surface area (Å²) in [5.41, 5.74) is 4.47. The number of amides is 1. The molecule has 0 aliphatic heterocycles. The molecule has 1 saturated carbocycles. The molecule has 1 atom stereocenters. The number of hydrogen-bond donors (Lipinski definition) is 2. The molecule has 4 rings (SSSR count). The highest BCUT2D eigenvalue weighted by Gasteiger charge is 2.21. The van der Waals surface area contributed by atoms with Crippen LogP contribution in [0.2, 0.25) is 5.02 Å². The fraction of sp³-hybridized carbons (Fsp3) is 0.346. The maximum absolute atomic E-state index is 13.2. The summed E-state index contributed by atoms with van der Waals surface area (Å²) in [6, 6.07) is 13.2. The van der Waals surface area contributed by atoms with Gasteiger partial charge >= 0.3 is 0 Å². The van der Waals surface area contributed by atoms with Crippen LogP contribution in [0.3, 0.4) is 0 Å². The summed E-state index contributed by atoms with van der Waals surface area (Å²) in [4.78, 5) is 21.6. The molecule has 1 aliphatic carbocycles. The van der Waals surface area contributed by atoms with E-state index in [4.69, 9.17) is 11.6 Å². The zero-order valence-corrected chi connectivity index (χ0v) is 19.0. The molecule has 32 heavy (non-hydrogen) atoms. The summed E-state index contributed by atoms with van der Waals surface area (Å²) in [7, 11) is 0. The van der Waals surface area contributed by atoms with Crippen LogP contribution in [0.5, 0.6) is 0 Å². The number of nitrogens with one attached hydrogen (secondary N) is 1. The number of aromatic nitrogens is 2. The fourth-order valence-corrected chi connectivity index (χ4v) is 4.45. The van der Waals surface area contributed by atoms with E-state index in [1.165, 1.54) is 24.8 Å². The summed E-state index contributed by atoms with van der Waals surface area (Å²) >= 11 is 6.08. The molecule has 166 valence electrons. The minimum Gasteiger partial charge on any atom is -0.394 e. The third-order valence-corrected chi connectivity index (χ3v) is 6.41. The molecule has 1 aromatic heterocycles. The fourth-order valence-electron chi connectivity index (χ4n) is 4.32. The van der Waals surface area contributed by atoms with Crippen LogP contribution in [0.4, 0.5) is 0 Å². The van der Waals surface area contributed by atoms with Gasteiger partial charge in [-0.15, -0.1) is 0 Å². The highest BCUT2D eigenvalue weighted by Crippen LogP contribution is 2.35. The number of nitrogens with zero attached hydrogens (tertiary/aromatic N) is 2. The van der Waals surface area contributed by atoms with Gasteiger partial charge in [0.15, 0.2) is 0 Å². The van der Waals surface area contributed by atoms with Gasteiger partial charge < -0.3 is 10.4 Å². The number of carbonyl (C=O) groups excluding carboxylic acids is 1. The van der Waals surface area contributed by atoms with E-state index in [1.54, 1.807) is 19.3 Å². The van der Waals surface area contributed by atoms with Crippen LogP contribution in [0.1, 0.15) is 71.4 Å². The Labute approximate surface area is 193 Å². The van der Waals surface area contributed by atoms with Gasteiger partial charge in [0.25, 0.3) is 5.91 Å². The molecule has 1 fully saturated rings. The lowest BCUT2D eigenvalue weighted by Crippen LogP contribution is -2.31. The lowest BCUT2D eigenvalue weighted by atomic mass is 9.82. The van der Waals surface area contributed by atoms with Gasteiger partial charge in [-0.05, 0) is 66.6 Å². The maximum Gasteiger partial charge on any atom is 0.251 e. The maximum atomic E-state index is 13.2. The third-order valence-electron chi connectivity index (χ3n) is 6.16. The van der Waals surface area contributed by atoms with Crippen molar-refractivity contribution in [2.45, 2.75) is 51.0 Å². The largest absolute Gasteiger partial charge is 0.394 e. The standard InChI is InChI=1S/C26H28ClN3O2/c1-17-28-14-23(15-29-17)25(16-31)30-26(32)22-12-20(18-5-3-2-4-6-18)11-21(13-22)19-7-9-24(27)10-8-19/h7-15,18,25,31H,2-6,16H2,1H3,(H,30,32)/t25-/m1/s1. The highest BCUT2D eigenvalue weighted by atomic mass is 35.5. The monoisotopic (exact) mass is 449 g/mol. The van der Waals surface area contributed by atoms with Crippen LogP contribution >= 0.6 is 11.6 Å². The van der Waals surface area contributed by atoms with Gasteiger partial charge in [0.2, 0.25) is 0 Å². The predicted octanol–water partition coefficient (Wildman–Crippen LogP) is 5.62. The lowest BCUT2D eigenvalue weighted by molar-refractivity contribution is 0.0916. The second-order valence-corrected chi connectivity index (χ2v) is 8.89. The van der Waals surface area contributed by atoms with Crippen LogP contribution in [-0.2, 0) is 0 Å². The number of rotatable bonds is 6. The average molecular weight is 450 g/mol. The van der Waals surface area contributed by atoms with Crippen molar-refractivity contribution in [2.24, 2.45) is 0 Å². The molecule has 1 amide bonds. The Morgan fingerprint density at radius 3 is 2.41 bits per heavy atom. The van der Waals surface area contributed by atoms with Gasteiger partial charge in [-0.3, -0.25) is 4.79 Å². The van der Waals surface area contributed by atoms with Crippen LogP contribution < -0.4 is 5.32 Å². The van der Waals surface area contributed by atoms with Crippen molar-refractivity contribution in [3.8, 4) is 11.1 Å². The van der Waals surface area contributed by atoms with Crippen molar-refractivity contribution in [1.82, 2.24) is 15.3 Å². The molecule has 2 N–H and O–H groups in total. The molecule has 5 nitrogen and oxygen atoms in total. The zero-order chi connectivity index (χ0) is 22.5. The molecule has 3 aromatic rings. The first-order chi connectivity index (χ1) is 15.5. The Kier molecular flexibility index (Phi) is 7.18. The van der Waals surface area contributed by atoms with Crippen LogP contribution in [0, 0.1) is 6.92 Å². The van der Waals surface area contributed by atoms with Crippen molar-refractivity contribution < 1.29 is 9.90 Å². The van der Waals surface area contributed by atoms with Gasteiger partial charge in [0, 0.05) is 28.5 Å². The van der Waals surface area contributed by atoms with E-state index in [0.29, 0.717) is 27.9 Å². The second-order valence-electron chi connectivity index (χ2n) is 8.46. The van der Waals surface area contributed by atoms with Crippen LogP contribution in [0.25, 0.3) is 11.1 Å². The molecular formula is C26H28ClN3O2. The zero-order valence-electron chi connectivity index (χ0n) is 18.2. The van der Waals surface area contributed by atoms with Gasteiger partial charge in [0.1, 0.15) is 5.82 Å². The number of aliphatic hydroxyl groups excluding tert-OH is 1. The first kappa shape index (κ1) is 22.4. The Bertz CT molecular complexity index is 1060. The van der Waals surface area contributed by atoms with Gasteiger partial charge in [-0.2, -0.15) is 0 Å². The summed E-state index contributed by atoms with van der Waals surface area (Å²) < 4.78 is 0. The van der Waals surface area contributed by atoms with E-state index in [0.717, 1.165) is 24.0 Å². The summed E-state index contributed by atoms with van der Waals surface area (Å²) in [5, 5.41) is 13.5. The van der Waals surface area contributed by atoms with Crippen LogP contribution in [0.15, 0.2) is 54.9 Å². The summed E-state index contributed by atoms with van der Waals surface area (Å²) in [6.07, 6.45) is 9.28. The minimum atomic E-state index is -0.569. The number of aliphatic hydroxyl groups is 1. The van der Waals surface area contributed by atoms with E-state index in [1.807, 2.05) is 36.4 Å². The molecule has 0 saturated heterocycles. The third kappa shape index (κ3) is 5.34. The molecule has 0 bridgehead atoms. The van der Waals surface area contributed by atoms with Crippen molar-refractivity contribution >= 4 is 17.5 Å². The molecule has 0 radical (unpaired) electrons. The Hall–Kier alpha value is -2.76. The first-order valence-corrected chi connectivity index (χ1v) is 11.5. The molecule has 1 aliphatic rings. The van der Waals surface area contributed by atoms with Crippen LogP contribution in [-0.4, -0.2) is 27.6 Å². The first-order valence-electron chi connectivity index (χ1n) is 11.1. The molecule has 6 heteroatoms. The highest BCUT2D eigenvalue weighted by molar-refractivity contribution is 6.30. The molecule has 2 aromatic carbocycles. The molecule has 0 unspecified atom stereocenters. The smallest absolute Gasteiger partial charge is 0.251 e. The number of benzene rings is 2. The predicted molar refractivity (Wildman–Crippen MR) is 127 cm³/mol. The summed E-state index contributed by atoms with van der Waals surface area (Å²) in [5.74, 6) is 0.878. The average Bonchev–Trinajstić information content (AvgIpc) is 2.84. The van der Waals surface area contributed by atoms with E-state index in [-0.39, 0.29) is 12.5 Å². The molecule has 1 heterocycles. The number of halogens is 1. The number of carbonyl (C=O) groups is 1. The number of aryl methyl sites for hydroxylation is 1. The Morgan fingerprint density at radius 2 is 1.75 bits per heavy atom. The van der Waals surface area contributed by atoms with Crippen molar-refractivity contribution in [3.63, 3.8) is 0 Å². The van der Waals surface area contributed by atoms with Crippen molar-refractivity contribution in [2.75, 3.05) is 6.61 Å². The van der Waals surface area contributed by atoms with Crippen molar-refractivity contribution in [1.29, 1.82) is 0 Å². The normalized spacial score (nSPS) is 15.3. The second kappa shape index (κ2) is 10.2. The van der Waals surface area contributed by atoms with Gasteiger partial charge in [-0.1, -0.05) is 49.1 Å². The Balaban J connectivity index is 1.66. The summed E-state index contributed by atoms with van der Waals surface area (Å²) in [6.45, 7) is 1.57. The van der Waals surface area contributed by atoms with E-state index in [9.17, 15) is 9.90 Å². The van der Waals surface area contributed by atoms with Gasteiger partial charge in [-0.25, -0.2) is 9.97 Å². The van der Waals surface area contributed by atoms with E-state index >= 15 is 0 Å². The number of hydrogen-bond acceptors (Lipinski definition) is 4. The van der Waals surface area contributed by atoms with Crippen molar-refractivity contribution in [3.05, 3.63) is 82.4 Å². The lowest BCUT2D eigenvalue weighted by Gasteiger charge is -2.24.